The second-order valence-corrected chi connectivity index (χ2v) is 11.0. The smallest absolute Gasteiger partial charge is 0.282 e. The van der Waals surface area contributed by atoms with Crippen LogP contribution in [0, 0.1) is 0 Å². The van der Waals surface area contributed by atoms with Gasteiger partial charge in [-0.3, -0.25) is 9.59 Å². The Morgan fingerprint density at radius 2 is 1.53 bits per heavy atom. The van der Waals surface area contributed by atoms with Crippen LogP contribution in [0.1, 0.15) is 27.7 Å². The van der Waals surface area contributed by atoms with Crippen LogP contribution < -0.4 is 10.0 Å². The second kappa shape index (κ2) is 10.7. The molecule has 1 aliphatic rings. The highest BCUT2D eigenvalue weighted by atomic mass is 32.2. The van der Waals surface area contributed by atoms with E-state index >= 15 is 0 Å². The average molecular weight is 490 g/mol. The van der Waals surface area contributed by atoms with Gasteiger partial charge in [-0.2, -0.15) is 21.8 Å². The molecule has 0 aliphatic carbocycles. The first-order valence-corrected chi connectivity index (χ1v) is 13.2. The van der Waals surface area contributed by atoms with Gasteiger partial charge in [-0.25, -0.2) is 8.42 Å². The van der Waals surface area contributed by atoms with Gasteiger partial charge < -0.3 is 10.2 Å². The summed E-state index contributed by atoms with van der Waals surface area (Å²) in [6.07, 6.45) is 0. The number of nitrogens with zero attached hydrogens (tertiary/aromatic N) is 3. The number of hydrogen-bond acceptors (Lipinski definition) is 6. The van der Waals surface area contributed by atoms with Crippen molar-refractivity contribution in [3.8, 4) is 0 Å². The van der Waals surface area contributed by atoms with Crippen LogP contribution >= 0.6 is 0 Å². The molecule has 2 amide bonds. The monoisotopic (exact) mass is 489 g/mol. The maximum atomic E-state index is 12.8. The van der Waals surface area contributed by atoms with E-state index in [1.54, 1.807) is 13.8 Å². The highest BCUT2D eigenvalue weighted by Crippen LogP contribution is 2.16. The van der Waals surface area contributed by atoms with Gasteiger partial charge in [0.1, 0.15) is 0 Å². The van der Waals surface area contributed by atoms with Gasteiger partial charge >= 0.3 is 0 Å². The highest BCUT2D eigenvalue weighted by molar-refractivity contribution is 7.89. The van der Waals surface area contributed by atoms with Gasteiger partial charge in [-0.05, 0) is 31.2 Å². The fraction of sp³-hybridized carbons (Fsp3) is 0.579. The average Bonchev–Trinajstić information content (AvgIpc) is 2.73. The van der Waals surface area contributed by atoms with E-state index < -0.39 is 32.2 Å². The summed E-state index contributed by atoms with van der Waals surface area (Å²) >= 11 is 0. The first-order valence-electron chi connectivity index (χ1n) is 10.4. The van der Waals surface area contributed by atoms with Crippen molar-refractivity contribution in [3.63, 3.8) is 0 Å². The van der Waals surface area contributed by atoms with Gasteiger partial charge in [0.2, 0.25) is 21.8 Å². The van der Waals surface area contributed by atoms with Gasteiger partial charge in [0.15, 0.2) is 0 Å². The number of amides is 2. The molecule has 1 aromatic rings. The van der Waals surface area contributed by atoms with E-state index in [-0.39, 0.29) is 37.0 Å². The van der Waals surface area contributed by atoms with Crippen molar-refractivity contribution < 1.29 is 26.4 Å². The predicted molar refractivity (Wildman–Crippen MR) is 121 cm³/mol. The van der Waals surface area contributed by atoms with Crippen molar-refractivity contribution >= 4 is 37.7 Å². The summed E-state index contributed by atoms with van der Waals surface area (Å²) < 4.78 is 55.6. The zero-order valence-electron chi connectivity index (χ0n) is 18.7. The molecule has 13 heteroatoms. The number of hydrogen-bond donors (Lipinski definition) is 2. The molecule has 11 nitrogen and oxygen atoms in total. The molecule has 1 aromatic carbocycles. The lowest BCUT2D eigenvalue weighted by molar-refractivity contribution is -0.133. The van der Waals surface area contributed by atoms with E-state index in [0.29, 0.717) is 18.8 Å². The molecule has 1 saturated heterocycles. The van der Waals surface area contributed by atoms with Gasteiger partial charge in [-0.15, -0.1) is 0 Å². The molecule has 1 atom stereocenters. The molecule has 0 aromatic heterocycles. The zero-order chi connectivity index (χ0) is 24.1. The molecule has 32 heavy (non-hydrogen) atoms. The van der Waals surface area contributed by atoms with Crippen LogP contribution in [0.3, 0.4) is 0 Å². The molecule has 180 valence electrons. The normalized spacial score (nSPS) is 16.7. The minimum absolute atomic E-state index is 0.0404. The maximum absolute atomic E-state index is 12.8. The van der Waals surface area contributed by atoms with E-state index in [2.05, 4.69) is 10.0 Å². The third-order valence-electron chi connectivity index (χ3n) is 5.10. The lowest BCUT2D eigenvalue weighted by Crippen LogP contribution is -2.57. The Morgan fingerprint density at radius 3 is 2.00 bits per heavy atom. The van der Waals surface area contributed by atoms with Crippen molar-refractivity contribution in [1.29, 1.82) is 0 Å². The number of carbonyl (C=O) groups excluding carboxylic acids is 2. The molecule has 2 N–H and O–H groups in total. The Hall–Kier alpha value is -2.06. The van der Waals surface area contributed by atoms with Crippen LogP contribution in [-0.4, -0.2) is 87.5 Å². The third kappa shape index (κ3) is 6.25. The van der Waals surface area contributed by atoms with Gasteiger partial charge in [0.25, 0.3) is 10.2 Å². The number of piperazine rings is 1. The number of nitrogens with one attached hydrogen (secondary N) is 2. The van der Waals surface area contributed by atoms with Crippen LogP contribution in [0.4, 0.5) is 5.69 Å². The van der Waals surface area contributed by atoms with Gasteiger partial charge in [-0.1, -0.05) is 13.8 Å². The lowest BCUT2D eigenvalue weighted by atomic mass is 10.2. The van der Waals surface area contributed by atoms with Crippen molar-refractivity contribution in [3.05, 3.63) is 24.3 Å². The summed E-state index contributed by atoms with van der Waals surface area (Å²) in [7, 11) is -7.54. The summed E-state index contributed by atoms with van der Waals surface area (Å²) in [4.78, 5) is 25.3. The minimum Gasteiger partial charge on any atom is -0.339 e. The molecule has 0 radical (unpaired) electrons. The Morgan fingerprint density at radius 1 is 1.00 bits per heavy atom. The van der Waals surface area contributed by atoms with E-state index in [0.717, 1.165) is 0 Å². The summed E-state index contributed by atoms with van der Waals surface area (Å²) in [5.41, 5.74) is 0.457. The molecule has 1 heterocycles. The fourth-order valence-corrected chi connectivity index (χ4v) is 6.20. The van der Waals surface area contributed by atoms with E-state index in [1.807, 2.05) is 0 Å². The van der Waals surface area contributed by atoms with Crippen molar-refractivity contribution in [2.75, 3.05) is 44.6 Å². The van der Waals surface area contributed by atoms with Gasteiger partial charge in [0, 0.05) is 51.9 Å². The highest BCUT2D eigenvalue weighted by Gasteiger charge is 2.34. The summed E-state index contributed by atoms with van der Waals surface area (Å²) in [5, 5.41) is 2.55. The molecule has 0 saturated carbocycles. The number of rotatable bonds is 9. The van der Waals surface area contributed by atoms with Crippen LogP contribution in [-0.2, 0) is 29.8 Å². The molecular formula is C19H31N5O6S2. The molecule has 2 rings (SSSR count). The molecule has 0 unspecified atom stereocenters. The van der Waals surface area contributed by atoms with Crippen LogP contribution in [0.15, 0.2) is 29.2 Å². The SMILES string of the molecule is CCN(CC)S(=O)(=O)N1CCN(C(=O)[C@H](C)NS(=O)(=O)c2ccc(NC(C)=O)cc2)CC1. The molecule has 1 aliphatic heterocycles. The molecule has 0 bridgehead atoms. The molecular weight excluding hydrogens is 458 g/mol. The molecule has 1 fully saturated rings. The summed E-state index contributed by atoms with van der Waals surface area (Å²) in [5.74, 6) is -0.703. The first-order chi connectivity index (χ1) is 14.9. The Balaban J connectivity index is 1.99. The zero-order valence-corrected chi connectivity index (χ0v) is 20.4. The minimum atomic E-state index is -3.96. The van der Waals surface area contributed by atoms with Gasteiger partial charge in [0.05, 0.1) is 10.9 Å². The standard InChI is InChI=1S/C19H31N5O6S2/c1-5-23(6-2)32(29,30)24-13-11-22(12-14-24)19(26)15(3)21-31(27,28)18-9-7-17(8-10-18)20-16(4)25/h7-10,15,21H,5-6,11-14H2,1-4H3,(H,20,25)/t15-/m0/s1. The van der Waals surface area contributed by atoms with E-state index in [9.17, 15) is 26.4 Å². The van der Waals surface area contributed by atoms with E-state index in [1.165, 1.54) is 51.6 Å². The third-order valence-corrected chi connectivity index (χ3v) is 8.84. The Labute approximate surface area is 190 Å². The Kier molecular flexibility index (Phi) is 8.76. The molecule has 0 spiro atoms. The number of sulfonamides is 1. The number of carbonyl (C=O) groups is 2. The summed E-state index contributed by atoms with van der Waals surface area (Å²) in [6.45, 7) is 7.70. The fourth-order valence-electron chi connectivity index (χ4n) is 3.40. The number of benzene rings is 1. The predicted octanol–water partition coefficient (Wildman–Crippen LogP) is 0.0426. The Bertz CT molecular complexity index is 1010. The number of anilines is 1. The van der Waals surface area contributed by atoms with E-state index in [4.69, 9.17) is 0 Å². The van der Waals surface area contributed by atoms with Crippen molar-refractivity contribution in [1.82, 2.24) is 18.2 Å². The second-order valence-electron chi connectivity index (χ2n) is 7.36. The topological polar surface area (TPSA) is 136 Å². The van der Waals surface area contributed by atoms with Crippen LogP contribution in [0.2, 0.25) is 0 Å². The summed E-state index contributed by atoms with van der Waals surface area (Å²) in [6, 6.07) is 4.56. The van der Waals surface area contributed by atoms with Crippen LogP contribution in [0.25, 0.3) is 0 Å². The first kappa shape index (κ1) is 26.2. The lowest BCUT2D eigenvalue weighted by Gasteiger charge is -2.37. The largest absolute Gasteiger partial charge is 0.339 e. The van der Waals surface area contributed by atoms with Crippen LogP contribution in [0.5, 0.6) is 0 Å². The quantitative estimate of drug-likeness (QED) is 0.503. The van der Waals surface area contributed by atoms with Crippen molar-refractivity contribution in [2.45, 2.75) is 38.6 Å². The maximum Gasteiger partial charge on any atom is 0.282 e. The van der Waals surface area contributed by atoms with Crippen molar-refractivity contribution in [2.24, 2.45) is 0 Å².